The molecule has 0 radical (unpaired) electrons. The zero-order valence-electron chi connectivity index (χ0n) is 10.7. The van der Waals surface area contributed by atoms with Crippen molar-refractivity contribution in [3.8, 4) is 0 Å². The first-order valence-electron chi connectivity index (χ1n) is 6.12. The maximum absolute atomic E-state index is 6.13. The van der Waals surface area contributed by atoms with E-state index in [1.165, 1.54) is 4.90 Å². The lowest BCUT2D eigenvalue weighted by atomic mass is 10.0. The van der Waals surface area contributed by atoms with Gasteiger partial charge in [0.25, 0.3) is 0 Å². The van der Waals surface area contributed by atoms with Gasteiger partial charge in [-0.3, -0.25) is 4.99 Å². The summed E-state index contributed by atoms with van der Waals surface area (Å²) in [7, 11) is 0. The molecular weight excluding hydrogens is 309 g/mol. The van der Waals surface area contributed by atoms with E-state index < -0.39 is 0 Å². The third-order valence-electron chi connectivity index (χ3n) is 2.98. The van der Waals surface area contributed by atoms with E-state index in [4.69, 9.17) is 28.2 Å². The Morgan fingerprint density at radius 2 is 1.80 bits per heavy atom. The Bertz CT molecular complexity index is 735. The van der Waals surface area contributed by atoms with Crippen LogP contribution in [-0.4, -0.2) is 5.71 Å². The molecular formula is C16H11Cl2NS. The molecule has 3 rings (SSSR count). The van der Waals surface area contributed by atoms with Crippen LogP contribution in [0.15, 0.2) is 63.5 Å². The van der Waals surface area contributed by atoms with Gasteiger partial charge >= 0.3 is 0 Å². The van der Waals surface area contributed by atoms with Crippen molar-refractivity contribution in [2.75, 3.05) is 0 Å². The highest BCUT2D eigenvalue weighted by Crippen LogP contribution is 2.32. The van der Waals surface area contributed by atoms with Crippen LogP contribution in [0.3, 0.4) is 0 Å². The highest BCUT2D eigenvalue weighted by atomic mass is 35.5. The molecule has 0 N–H and O–H groups in total. The summed E-state index contributed by atoms with van der Waals surface area (Å²) in [5.41, 5.74) is 4.00. The molecule has 1 nitrogen and oxygen atoms in total. The Balaban J connectivity index is 2.20. The van der Waals surface area contributed by atoms with E-state index in [1.807, 2.05) is 31.2 Å². The fourth-order valence-corrected chi connectivity index (χ4v) is 3.14. The highest BCUT2D eigenvalue weighted by molar-refractivity contribution is 8.02. The van der Waals surface area contributed by atoms with Gasteiger partial charge in [-0.2, -0.15) is 0 Å². The standard InChI is InChI=1S/C16H11Cl2NS/c1-10-9-20-15-5-3-2-4-12(15)16(19-10)11-6-7-13(17)14(18)8-11/h2-9H,1H3. The summed E-state index contributed by atoms with van der Waals surface area (Å²) in [5.74, 6) is 0. The number of fused-ring (bicyclic) bond motifs is 1. The Labute approximate surface area is 132 Å². The van der Waals surface area contributed by atoms with Crippen molar-refractivity contribution in [2.45, 2.75) is 11.8 Å². The van der Waals surface area contributed by atoms with Crippen LogP contribution in [0.1, 0.15) is 18.1 Å². The molecule has 0 aromatic heterocycles. The minimum atomic E-state index is 0.544. The maximum Gasteiger partial charge on any atom is 0.0789 e. The zero-order valence-corrected chi connectivity index (χ0v) is 13.1. The molecule has 0 saturated heterocycles. The Morgan fingerprint density at radius 1 is 1.00 bits per heavy atom. The van der Waals surface area contributed by atoms with Gasteiger partial charge in [-0.15, -0.1) is 0 Å². The number of nitrogens with zero attached hydrogens (tertiary/aromatic N) is 1. The number of aliphatic imine (C=N–C) groups is 1. The smallest absolute Gasteiger partial charge is 0.0789 e. The number of thioether (sulfide) groups is 1. The van der Waals surface area contributed by atoms with Crippen molar-refractivity contribution < 1.29 is 0 Å². The number of allylic oxidation sites excluding steroid dienone is 1. The van der Waals surface area contributed by atoms with Gasteiger partial charge in [0.15, 0.2) is 0 Å². The number of hydrogen-bond acceptors (Lipinski definition) is 2. The molecule has 4 heteroatoms. The number of hydrogen-bond donors (Lipinski definition) is 0. The molecule has 0 saturated carbocycles. The summed E-state index contributed by atoms with van der Waals surface area (Å²) in [6.07, 6.45) is 0. The van der Waals surface area contributed by atoms with Crippen molar-refractivity contribution >= 4 is 40.7 Å². The second kappa shape index (κ2) is 5.65. The van der Waals surface area contributed by atoms with Crippen molar-refractivity contribution in [3.63, 3.8) is 0 Å². The van der Waals surface area contributed by atoms with Crippen LogP contribution in [0.5, 0.6) is 0 Å². The normalized spacial score (nSPS) is 14.2. The molecule has 100 valence electrons. The molecule has 2 aromatic carbocycles. The second-order valence-electron chi connectivity index (χ2n) is 4.46. The minimum absolute atomic E-state index is 0.544. The van der Waals surface area contributed by atoms with Crippen LogP contribution in [0.4, 0.5) is 0 Å². The topological polar surface area (TPSA) is 12.4 Å². The first-order chi connectivity index (χ1) is 9.65. The molecule has 2 aromatic rings. The summed E-state index contributed by atoms with van der Waals surface area (Å²) >= 11 is 13.8. The summed E-state index contributed by atoms with van der Waals surface area (Å²) < 4.78 is 0. The van der Waals surface area contributed by atoms with Crippen LogP contribution in [0, 0.1) is 0 Å². The lowest BCUT2D eigenvalue weighted by molar-refractivity contribution is 1.31. The average Bonchev–Trinajstić information content (AvgIpc) is 2.62. The molecule has 1 aliphatic heterocycles. The fraction of sp³-hybridized carbons (Fsp3) is 0.0625. The molecule has 0 atom stereocenters. The van der Waals surface area contributed by atoms with E-state index >= 15 is 0 Å². The highest BCUT2D eigenvalue weighted by Gasteiger charge is 2.15. The third-order valence-corrected chi connectivity index (χ3v) is 4.79. The zero-order chi connectivity index (χ0) is 14.1. The van der Waals surface area contributed by atoms with Crippen LogP contribution in [0.25, 0.3) is 0 Å². The van der Waals surface area contributed by atoms with E-state index in [-0.39, 0.29) is 0 Å². The van der Waals surface area contributed by atoms with Crippen LogP contribution >= 0.6 is 35.0 Å². The first kappa shape index (κ1) is 13.7. The lowest BCUT2D eigenvalue weighted by Crippen LogP contribution is -2.04. The van der Waals surface area contributed by atoms with Gasteiger partial charge in [0.05, 0.1) is 15.8 Å². The summed E-state index contributed by atoms with van der Waals surface area (Å²) in [6, 6.07) is 13.9. The third kappa shape index (κ3) is 2.64. The molecule has 0 amide bonds. The Hall–Kier alpha value is -1.22. The van der Waals surface area contributed by atoms with Gasteiger partial charge in [-0.1, -0.05) is 59.2 Å². The number of rotatable bonds is 1. The van der Waals surface area contributed by atoms with Crippen molar-refractivity contribution in [2.24, 2.45) is 4.99 Å². The summed E-state index contributed by atoms with van der Waals surface area (Å²) in [5, 5.41) is 3.16. The predicted octanol–water partition coefficient (Wildman–Crippen LogP) is 5.80. The molecule has 1 heterocycles. The predicted molar refractivity (Wildman–Crippen MR) is 88.2 cm³/mol. The van der Waals surface area contributed by atoms with Gasteiger partial charge in [0.2, 0.25) is 0 Å². The Kier molecular flexibility index (Phi) is 3.88. The van der Waals surface area contributed by atoms with Crippen molar-refractivity contribution in [3.05, 3.63) is 74.7 Å². The quantitative estimate of drug-likeness (QED) is 0.647. The van der Waals surface area contributed by atoms with E-state index in [9.17, 15) is 0 Å². The summed E-state index contributed by atoms with van der Waals surface area (Å²) in [4.78, 5) is 5.90. The van der Waals surface area contributed by atoms with Gasteiger partial charge in [0.1, 0.15) is 0 Å². The largest absolute Gasteiger partial charge is 0.252 e. The van der Waals surface area contributed by atoms with Crippen LogP contribution in [-0.2, 0) is 0 Å². The molecule has 1 aliphatic rings. The SMILES string of the molecule is CC1=CSc2ccccc2C(c2ccc(Cl)c(Cl)c2)=N1. The molecule has 0 aliphatic carbocycles. The number of benzene rings is 2. The molecule has 0 fully saturated rings. The van der Waals surface area contributed by atoms with Crippen molar-refractivity contribution in [1.82, 2.24) is 0 Å². The number of halogens is 2. The van der Waals surface area contributed by atoms with Gasteiger partial charge in [-0.05, 0) is 30.5 Å². The second-order valence-corrected chi connectivity index (χ2v) is 6.19. The maximum atomic E-state index is 6.13. The lowest BCUT2D eigenvalue weighted by Gasteiger charge is -2.10. The van der Waals surface area contributed by atoms with Gasteiger partial charge in [-0.25, -0.2) is 0 Å². The monoisotopic (exact) mass is 319 g/mol. The van der Waals surface area contributed by atoms with Gasteiger partial charge < -0.3 is 0 Å². The van der Waals surface area contributed by atoms with E-state index in [0.29, 0.717) is 10.0 Å². The Morgan fingerprint density at radius 3 is 2.60 bits per heavy atom. The first-order valence-corrected chi connectivity index (χ1v) is 7.75. The fourth-order valence-electron chi connectivity index (χ4n) is 2.04. The van der Waals surface area contributed by atoms with Crippen LogP contribution < -0.4 is 0 Å². The van der Waals surface area contributed by atoms with E-state index in [1.54, 1.807) is 17.8 Å². The van der Waals surface area contributed by atoms with E-state index in [2.05, 4.69) is 17.5 Å². The summed E-state index contributed by atoms with van der Waals surface area (Å²) in [6.45, 7) is 2.00. The molecule has 20 heavy (non-hydrogen) atoms. The van der Waals surface area contributed by atoms with Crippen LogP contribution in [0.2, 0.25) is 10.0 Å². The minimum Gasteiger partial charge on any atom is -0.252 e. The van der Waals surface area contributed by atoms with Crippen molar-refractivity contribution in [1.29, 1.82) is 0 Å². The molecule has 0 spiro atoms. The van der Waals surface area contributed by atoms with E-state index in [0.717, 1.165) is 22.5 Å². The molecule has 0 bridgehead atoms. The van der Waals surface area contributed by atoms with Gasteiger partial charge in [0, 0.05) is 21.7 Å². The molecule has 0 unspecified atom stereocenters. The average molecular weight is 320 g/mol.